The van der Waals surface area contributed by atoms with E-state index in [1.807, 2.05) is 45.0 Å². The van der Waals surface area contributed by atoms with Gasteiger partial charge in [0.2, 0.25) is 0 Å². The Morgan fingerprint density at radius 1 is 1.00 bits per heavy atom. The maximum absolute atomic E-state index is 12.4. The Kier molecular flexibility index (Phi) is 7.56. The van der Waals surface area contributed by atoms with Gasteiger partial charge in [0.15, 0.2) is 6.10 Å². The molecule has 156 valence electrons. The Morgan fingerprint density at radius 2 is 1.76 bits per heavy atom. The van der Waals surface area contributed by atoms with Gasteiger partial charge in [-0.25, -0.2) is 0 Å². The van der Waals surface area contributed by atoms with Crippen LogP contribution >= 0.6 is 0 Å². The first-order valence-electron chi connectivity index (χ1n) is 10.8. The molecule has 0 aliphatic heterocycles. The van der Waals surface area contributed by atoms with E-state index in [0.29, 0.717) is 6.54 Å². The van der Waals surface area contributed by atoms with Crippen LogP contribution in [0.1, 0.15) is 56.7 Å². The summed E-state index contributed by atoms with van der Waals surface area (Å²) in [6.45, 7) is 6.51. The molecule has 29 heavy (non-hydrogen) atoms. The third-order valence-corrected chi connectivity index (χ3v) is 5.26. The van der Waals surface area contributed by atoms with Crippen molar-refractivity contribution in [2.24, 2.45) is 0 Å². The second kappa shape index (κ2) is 10.3. The molecular formula is C25H33NO3. The molecule has 0 aromatic heterocycles. The molecule has 0 saturated carbocycles. The summed E-state index contributed by atoms with van der Waals surface area (Å²) in [6.07, 6.45) is 6.09. The minimum absolute atomic E-state index is 0.0564. The molecule has 1 aliphatic carbocycles. The monoisotopic (exact) mass is 395 g/mol. The number of carbonyl (C=O) groups excluding carboxylic acids is 1. The fourth-order valence-corrected chi connectivity index (χ4v) is 3.76. The van der Waals surface area contributed by atoms with Gasteiger partial charge in [0.1, 0.15) is 11.5 Å². The fraction of sp³-hybridized carbons (Fsp3) is 0.480. The lowest BCUT2D eigenvalue weighted by molar-refractivity contribution is -0.127. The highest BCUT2D eigenvalue weighted by molar-refractivity contribution is 5.80. The molecule has 0 spiro atoms. The van der Waals surface area contributed by atoms with Crippen molar-refractivity contribution in [3.63, 3.8) is 0 Å². The lowest BCUT2D eigenvalue weighted by Gasteiger charge is -2.22. The van der Waals surface area contributed by atoms with E-state index in [1.165, 1.54) is 29.5 Å². The van der Waals surface area contributed by atoms with Crippen LogP contribution in [0, 0.1) is 0 Å². The number of fused-ring (bicyclic) bond motifs is 1. The summed E-state index contributed by atoms with van der Waals surface area (Å²) in [5, 5.41) is 3.00. The minimum Gasteiger partial charge on any atom is -0.491 e. The second-order valence-corrected chi connectivity index (χ2v) is 8.07. The standard InChI is InChI=1S/C25H33NO3/c1-18(2)28-22-15-13-20(14-16-22)8-7-17-26-25(27)19(3)29-24-12-6-10-21-9-4-5-11-23(21)24/h6,10,12-16,18-19H,4-5,7-9,11,17H2,1-3H3,(H,26,27)/t19-/m1/s1. The molecule has 0 heterocycles. The molecule has 3 rings (SSSR count). The Balaban J connectivity index is 1.41. The molecule has 0 saturated heterocycles. The number of hydrogen-bond donors (Lipinski definition) is 1. The van der Waals surface area contributed by atoms with Gasteiger partial charge in [0.05, 0.1) is 6.10 Å². The van der Waals surface area contributed by atoms with E-state index in [2.05, 4.69) is 23.5 Å². The first-order valence-corrected chi connectivity index (χ1v) is 10.8. The molecule has 4 nitrogen and oxygen atoms in total. The average molecular weight is 396 g/mol. The predicted octanol–water partition coefficient (Wildman–Crippen LogP) is 4.87. The molecule has 0 radical (unpaired) electrons. The van der Waals surface area contributed by atoms with Crippen LogP contribution in [-0.4, -0.2) is 24.7 Å². The fourth-order valence-electron chi connectivity index (χ4n) is 3.76. The third kappa shape index (κ3) is 6.25. The highest BCUT2D eigenvalue weighted by Crippen LogP contribution is 2.30. The molecule has 0 unspecified atom stereocenters. The van der Waals surface area contributed by atoms with E-state index in [-0.39, 0.29) is 12.0 Å². The highest BCUT2D eigenvalue weighted by Gasteiger charge is 2.19. The summed E-state index contributed by atoms with van der Waals surface area (Å²) in [7, 11) is 0. The molecule has 1 amide bonds. The van der Waals surface area contributed by atoms with Crippen molar-refractivity contribution >= 4 is 5.91 Å². The molecule has 1 atom stereocenters. The van der Waals surface area contributed by atoms with E-state index in [4.69, 9.17) is 9.47 Å². The summed E-state index contributed by atoms with van der Waals surface area (Å²) in [6, 6.07) is 14.4. The lowest BCUT2D eigenvalue weighted by Crippen LogP contribution is -2.37. The summed E-state index contributed by atoms with van der Waals surface area (Å²) in [5.74, 6) is 1.71. The van der Waals surface area contributed by atoms with Crippen molar-refractivity contribution in [1.82, 2.24) is 5.32 Å². The number of rotatable bonds is 9. The van der Waals surface area contributed by atoms with E-state index >= 15 is 0 Å². The van der Waals surface area contributed by atoms with Crippen molar-refractivity contribution in [2.45, 2.75) is 71.5 Å². The van der Waals surface area contributed by atoms with Gasteiger partial charge >= 0.3 is 0 Å². The molecule has 2 aromatic rings. The van der Waals surface area contributed by atoms with Crippen LogP contribution < -0.4 is 14.8 Å². The smallest absolute Gasteiger partial charge is 0.260 e. The maximum atomic E-state index is 12.4. The van der Waals surface area contributed by atoms with Gasteiger partial charge in [-0.05, 0) is 94.2 Å². The van der Waals surface area contributed by atoms with Crippen molar-refractivity contribution in [3.8, 4) is 11.5 Å². The zero-order chi connectivity index (χ0) is 20.6. The van der Waals surface area contributed by atoms with Crippen molar-refractivity contribution in [1.29, 1.82) is 0 Å². The van der Waals surface area contributed by atoms with Crippen molar-refractivity contribution in [2.75, 3.05) is 6.54 Å². The van der Waals surface area contributed by atoms with Gasteiger partial charge in [-0.3, -0.25) is 4.79 Å². The first-order chi connectivity index (χ1) is 14.0. The van der Waals surface area contributed by atoms with Gasteiger partial charge in [0, 0.05) is 6.54 Å². The van der Waals surface area contributed by atoms with Crippen LogP contribution in [0.4, 0.5) is 0 Å². The normalized spacial score (nSPS) is 14.2. The zero-order valence-corrected chi connectivity index (χ0v) is 17.9. The largest absolute Gasteiger partial charge is 0.491 e. The summed E-state index contributed by atoms with van der Waals surface area (Å²) in [5.41, 5.74) is 3.89. The molecule has 1 aliphatic rings. The van der Waals surface area contributed by atoms with Gasteiger partial charge in [0.25, 0.3) is 5.91 Å². The Labute approximate surface area is 174 Å². The number of amides is 1. The molecule has 0 bridgehead atoms. The average Bonchev–Trinajstić information content (AvgIpc) is 2.72. The van der Waals surface area contributed by atoms with E-state index in [9.17, 15) is 4.79 Å². The van der Waals surface area contributed by atoms with Crippen molar-refractivity contribution < 1.29 is 14.3 Å². The summed E-state index contributed by atoms with van der Waals surface area (Å²) < 4.78 is 11.7. The van der Waals surface area contributed by atoms with Gasteiger partial charge < -0.3 is 14.8 Å². The van der Waals surface area contributed by atoms with E-state index in [1.54, 1.807) is 0 Å². The van der Waals surface area contributed by atoms with Crippen LogP contribution in [0.3, 0.4) is 0 Å². The number of nitrogens with one attached hydrogen (secondary N) is 1. The number of ether oxygens (including phenoxy) is 2. The molecule has 2 aromatic carbocycles. The van der Waals surface area contributed by atoms with Crippen LogP contribution in [0.2, 0.25) is 0 Å². The third-order valence-electron chi connectivity index (χ3n) is 5.26. The van der Waals surface area contributed by atoms with E-state index in [0.717, 1.165) is 37.2 Å². The number of benzene rings is 2. The molecule has 4 heteroatoms. The second-order valence-electron chi connectivity index (χ2n) is 8.07. The number of aryl methyl sites for hydroxylation is 2. The van der Waals surface area contributed by atoms with Crippen LogP contribution in [-0.2, 0) is 24.1 Å². The Morgan fingerprint density at radius 3 is 2.52 bits per heavy atom. The molecular weight excluding hydrogens is 362 g/mol. The Bertz CT molecular complexity index is 798. The topological polar surface area (TPSA) is 47.6 Å². The van der Waals surface area contributed by atoms with Crippen LogP contribution in [0.25, 0.3) is 0 Å². The SMILES string of the molecule is CC(C)Oc1ccc(CCCNC(=O)[C@@H](C)Oc2cccc3c2CCCC3)cc1. The number of carbonyl (C=O) groups is 1. The molecule has 0 fully saturated rings. The Hall–Kier alpha value is -2.49. The summed E-state index contributed by atoms with van der Waals surface area (Å²) >= 11 is 0. The summed E-state index contributed by atoms with van der Waals surface area (Å²) in [4.78, 5) is 12.4. The molecule has 1 N–H and O–H groups in total. The van der Waals surface area contributed by atoms with Gasteiger partial charge in [-0.1, -0.05) is 24.3 Å². The predicted molar refractivity (Wildman–Crippen MR) is 117 cm³/mol. The zero-order valence-electron chi connectivity index (χ0n) is 17.9. The van der Waals surface area contributed by atoms with E-state index < -0.39 is 6.10 Å². The number of hydrogen-bond acceptors (Lipinski definition) is 3. The van der Waals surface area contributed by atoms with Crippen LogP contribution in [0.5, 0.6) is 11.5 Å². The highest BCUT2D eigenvalue weighted by atomic mass is 16.5. The van der Waals surface area contributed by atoms with Crippen molar-refractivity contribution in [3.05, 3.63) is 59.2 Å². The van der Waals surface area contributed by atoms with Crippen LogP contribution in [0.15, 0.2) is 42.5 Å². The quantitative estimate of drug-likeness (QED) is 0.616. The lowest BCUT2D eigenvalue weighted by atomic mass is 9.91. The van der Waals surface area contributed by atoms with Gasteiger partial charge in [-0.2, -0.15) is 0 Å². The van der Waals surface area contributed by atoms with Gasteiger partial charge in [-0.15, -0.1) is 0 Å². The minimum atomic E-state index is -0.490. The maximum Gasteiger partial charge on any atom is 0.260 e. The first kappa shape index (κ1) is 21.2.